The lowest BCUT2D eigenvalue weighted by Crippen LogP contribution is -2.43. The maximum Gasteiger partial charge on any atom is 0.310 e. The van der Waals surface area contributed by atoms with E-state index in [0.29, 0.717) is 32.1 Å². The van der Waals surface area contributed by atoms with Gasteiger partial charge < -0.3 is 14.1 Å². The highest BCUT2D eigenvalue weighted by Gasteiger charge is 2.31. The molecule has 0 spiro atoms. The Morgan fingerprint density at radius 2 is 1.77 bits per heavy atom. The molecule has 0 bridgehead atoms. The molecule has 0 radical (unpaired) electrons. The molecule has 1 unspecified atom stereocenters. The van der Waals surface area contributed by atoms with Crippen molar-refractivity contribution in [2.75, 3.05) is 19.7 Å². The van der Waals surface area contributed by atoms with Crippen LogP contribution in [0.2, 0.25) is 0 Å². The van der Waals surface area contributed by atoms with E-state index < -0.39 is 0 Å². The molecule has 0 aliphatic carbocycles. The van der Waals surface area contributed by atoms with Crippen LogP contribution in [0.1, 0.15) is 52.8 Å². The molecule has 7 heteroatoms. The summed E-state index contributed by atoms with van der Waals surface area (Å²) in [4.78, 5) is 33.7. The zero-order valence-corrected chi connectivity index (χ0v) is 20.5. The van der Waals surface area contributed by atoms with Crippen LogP contribution in [0.3, 0.4) is 0 Å². The Bertz CT molecular complexity index is 1110. The summed E-state index contributed by atoms with van der Waals surface area (Å²) in [6.07, 6.45) is 2.93. The normalized spacial score (nSPS) is 15.9. The van der Waals surface area contributed by atoms with E-state index in [1.54, 1.807) is 11.8 Å². The Hall–Kier alpha value is -3.45. The zero-order chi connectivity index (χ0) is 24.6. The van der Waals surface area contributed by atoms with Crippen LogP contribution in [0.4, 0.5) is 0 Å². The number of carbonyl (C=O) groups is 2. The lowest BCUT2D eigenvalue weighted by Gasteiger charge is -2.30. The molecular weight excluding hydrogens is 442 g/mol. The van der Waals surface area contributed by atoms with Gasteiger partial charge in [-0.2, -0.15) is 0 Å². The van der Waals surface area contributed by atoms with Gasteiger partial charge in [-0.15, -0.1) is 0 Å². The van der Waals surface area contributed by atoms with E-state index in [9.17, 15) is 9.59 Å². The topological polar surface area (TPSA) is 75.9 Å². The highest BCUT2D eigenvalue weighted by Crippen LogP contribution is 2.21. The van der Waals surface area contributed by atoms with Crippen LogP contribution in [0.5, 0.6) is 0 Å². The SMILES string of the molecule is CCOC(=O)C1CCCN(C(=O)c2coc(CN(Cc3ccccc3)Cc3ccc(C)cc3)n2)C1. The fraction of sp³-hybridized carbons (Fsp3) is 0.393. The van der Waals surface area contributed by atoms with Crippen molar-refractivity contribution in [1.82, 2.24) is 14.8 Å². The Labute approximate surface area is 206 Å². The molecule has 0 saturated carbocycles. The molecule has 1 aromatic heterocycles. The molecule has 2 heterocycles. The van der Waals surface area contributed by atoms with Crippen LogP contribution in [0, 0.1) is 12.8 Å². The lowest BCUT2D eigenvalue weighted by molar-refractivity contribution is -0.149. The molecule has 0 N–H and O–H groups in total. The molecular formula is C28H33N3O4. The van der Waals surface area contributed by atoms with Crippen LogP contribution in [0.15, 0.2) is 65.3 Å². The zero-order valence-electron chi connectivity index (χ0n) is 20.5. The number of aryl methyl sites for hydroxylation is 1. The summed E-state index contributed by atoms with van der Waals surface area (Å²) in [6, 6.07) is 18.8. The summed E-state index contributed by atoms with van der Waals surface area (Å²) < 4.78 is 10.9. The van der Waals surface area contributed by atoms with Crippen molar-refractivity contribution < 1.29 is 18.7 Å². The molecule has 35 heavy (non-hydrogen) atoms. The fourth-order valence-corrected chi connectivity index (χ4v) is 4.41. The van der Waals surface area contributed by atoms with Crippen LogP contribution < -0.4 is 0 Å². The summed E-state index contributed by atoms with van der Waals surface area (Å²) in [5.41, 5.74) is 3.90. The highest BCUT2D eigenvalue weighted by atomic mass is 16.5. The quantitative estimate of drug-likeness (QED) is 0.421. The van der Waals surface area contributed by atoms with E-state index >= 15 is 0 Å². The number of hydrogen-bond acceptors (Lipinski definition) is 6. The Morgan fingerprint density at radius 1 is 1.06 bits per heavy atom. The predicted octanol–water partition coefficient (Wildman–Crippen LogP) is 4.60. The number of piperidine rings is 1. The van der Waals surface area contributed by atoms with Crippen LogP contribution in [0.25, 0.3) is 0 Å². The molecule has 1 saturated heterocycles. The van der Waals surface area contributed by atoms with Crippen molar-refractivity contribution in [3.05, 3.63) is 89.1 Å². The number of aromatic nitrogens is 1. The van der Waals surface area contributed by atoms with Gasteiger partial charge in [-0.05, 0) is 37.8 Å². The smallest absolute Gasteiger partial charge is 0.310 e. The summed E-state index contributed by atoms with van der Waals surface area (Å²) in [6.45, 7) is 7.11. The van der Waals surface area contributed by atoms with Gasteiger partial charge in [-0.3, -0.25) is 14.5 Å². The Morgan fingerprint density at radius 3 is 2.49 bits per heavy atom. The summed E-state index contributed by atoms with van der Waals surface area (Å²) in [5.74, 6) is -0.231. The number of ether oxygens (including phenoxy) is 1. The molecule has 3 aromatic rings. The van der Waals surface area contributed by atoms with Gasteiger partial charge in [0.15, 0.2) is 5.69 Å². The second-order valence-corrected chi connectivity index (χ2v) is 9.09. The third kappa shape index (κ3) is 6.79. The lowest BCUT2D eigenvalue weighted by atomic mass is 9.98. The van der Waals surface area contributed by atoms with Gasteiger partial charge in [-0.1, -0.05) is 60.2 Å². The molecule has 1 aliphatic rings. The molecule has 1 fully saturated rings. The van der Waals surface area contributed by atoms with E-state index in [4.69, 9.17) is 9.15 Å². The second-order valence-electron chi connectivity index (χ2n) is 9.09. The molecule has 1 aliphatic heterocycles. The van der Waals surface area contributed by atoms with E-state index in [1.165, 1.54) is 23.0 Å². The largest absolute Gasteiger partial charge is 0.466 e. The van der Waals surface area contributed by atoms with Crippen molar-refractivity contribution in [1.29, 1.82) is 0 Å². The number of benzene rings is 2. The number of hydrogen-bond donors (Lipinski definition) is 0. The van der Waals surface area contributed by atoms with Crippen LogP contribution >= 0.6 is 0 Å². The number of oxazole rings is 1. The van der Waals surface area contributed by atoms with Gasteiger partial charge in [0.1, 0.15) is 6.26 Å². The van der Waals surface area contributed by atoms with E-state index in [-0.39, 0.29) is 23.5 Å². The van der Waals surface area contributed by atoms with Gasteiger partial charge in [-0.25, -0.2) is 4.98 Å². The number of esters is 1. The van der Waals surface area contributed by atoms with Gasteiger partial charge in [0.25, 0.3) is 5.91 Å². The first-order valence-corrected chi connectivity index (χ1v) is 12.2. The molecule has 1 atom stereocenters. The van der Waals surface area contributed by atoms with Gasteiger partial charge in [0.2, 0.25) is 5.89 Å². The standard InChI is InChI=1S/C28H33N3O4/c1-3-34-28(33)24-10-7-15-31(18-24)27(32)25-20-35-26(29-25)19-30(16-22-8-5-4-6-9-22)17-23-13-11-21(2)12-14-23/h4-6,8-9,11-14,20,24H,3,7,10,15-19H2,1-2H3. The van der Waals surface area contributed by atoms with Crippen molar-refractivity contribution in [2.45, 2.75) is 46.3 Å². The second kappa shape index (κ2) is 11.8. The number of nitrogens with zero attached hydrogens (tertiary/aromatic N) is 3. The molecule has 4 rings (SSSR count). The Kier molecular flexibility index (Phi) is 8.32. The Balaban J connectivity index is 1.44. The average molecular weight is 476 g/mol. The van der Waals surface area contributed by atoms with E-state index in [2.05, 4.69) is 53.2 Å². The van der Waals surface area contributed by atoms with Gasteiger partial charge in [0.05, 0.1) is 19.1 Å². The first-order valence-electron chi connectivity index (χ1n) is 12.2. The number of carbonyl (C=O) groups excluding carboxylic acids is 2. The van der Waals surface area contributed by atoms with Crippen molar-refractivity contribution in [3.8, 4) is 0 Å². The minimum absolute atomic E-state index is 0.206. The van der Waals surface area contributed by atoms with E-state index in [1.807, 2.05) is 18.2 Å². The van der Waals surface area contributed by atoms with Crippen LogP contribution in [-0.2, 0) is 29.2 Å². The first-order chi connectivity index (χ1) is 17.0. The van der Waals surface area contributed by atoms with E-state index in [0.717, 1.165) is 25.9 Å². The minimum Gasteiger partial charge on any atom is -0.466 e. The summed E-state index contributed by atoms with van der Waals surface area (Å²) in [5, 5.41) is 0. The highest BCUT2D eigenvalue weighted by molar-refractivity contribution is 5.92. The first kappa shape index (κ1) is 24.7. The minimum atomic E-state index is -0.283. The van der Waals surface area contributed by atoms with Crippen molar-refractivity contribution >= 4 is 11.9 Å². The van der Waals surface area contributed by atoms with Crippen molar-refractivity contribution in [3.63, 3.8) is 0 Å². The average Bonchev–Trinajstić information content (AvgIpc) is 3.34. The van der Waals surface area contributed by atoms with Crippen molar-refractivity contribution in [2.24, 2.45) is 5.92 Å². The molecule has 184 valence electrons. The maximum atomic E-state index is 13.1. The van der Waals surface area contributed by atoms with Crippen LogP contribution in [-0.4, -0.2) is 46.4 Å². The molecule has 7 nitrogen and oxygen atoms in total. The summed E-state index contributed by atoms with van der Waals surface area (Å²) in [7, 11) is 0. The predicted molar refractivity (Wildman–Crippen MR) is 132 cm³/mol. The number of amides is 1. The molecule has 1 amide bonds. The number of likely N-dealkylation sites (tertiary alicyclic amines) is 1. The van der Waals surface area contributed by atoms with Gasteiger partial charge >= 0.3 is 5.97 Å². The third-order valence-corrected chi connectivity index (χ3v) is 6.23. The number of rotatable bonds is 9. The van der Waals surface area contributed by atoms with Gasteiger partial charge in [0, 0.05) is 26.2 Å². The summed E-state index contributed by atoms with van der Waals surface area (Å²) >= 11 is 0. The maximum absolute atomic E-state index is 13.1. The monoisotopic (exact) mass is 475 g/mol. The molecule has 2 aromatic carbocycles. The fourth-order valence-electron chi connectivity index (χ4n) is 4.41. The third-order valence-electron chi connectivity index (χ3n) is 6.23.